The molecule has 0 spiro atoms. The number of likely N-dealkylation sites (tertiary alicyclic amines) is 1. The Labute approximate surface area is 139 Å². The summed E-state index contributed by atoms with van der Waals surface area (Å²) in [5, 5.41) is 18.9. The van der Waals surface area contributed by atoms with E-state index in [4.69, 9.17) is 5.11 Å². The molecule has 6 nitrogen and oxygen atoms in total. The number of β-amino-alcohol motifs (C(OH)–C–C–N with tert-alkyl or cyclic N) is 1. The maximum Gasteiger partial charge on any atom is 0.237 e. The van der Waals surface area contributed by atoms with E-state index in [-0.39, 0.29) is 24.0 Å². The third-order valence-corrected chi connectivity index (χ3v) is 6.14. The Morgan fingerprint density at radius 1 is 1.13 bits per heavy atom. The fraction of sp³-hybridized carbons (Fsp3) is 0.941. The number of aliphatic hydroxyl groups is 2. The molecule has 0 aromatic heterocycles. The summed E-state index contributed by atoms with van der Waals surface area (Å²) in [5.41, 5.74) is 0.104. The van der Waals surface area contributed by atoms with Crippen LogP contribution < -0.4 is 0 Å². The quantitative estimate of drug-likeness (QED) is 0.746. The molecule has 2 aliphatic heterocycles. The van der Waals surface area contributed by atoms with Crippen LogP contribution in [0.1, 0.15) is 32.6 Å². The molecule has 3 atom stereocenters. The summed E-state index contributed by atoms with van der Waals surface area (Å²) in [4.78, 5) is 19.3. The summed E-state index contributed by atoms with van der Waals surface area (Å²) in [6.45, 7) is 8.21. The highest BCUT2D eigenvalue weighted by atomic mass is 16.3. The molecule has 2 heterocycles. The van der Waals surface area contributed by atoms with Crippen LogP contribution in [0, 0.1) is 5.41 Å². The predicted molar refractivity (Wildman–Crippen MR) is 88.0 cm³/mol. The lowest BCUT2D eigenvalue weighted by Gasteiger charge is -2.42. The van der Waals surface area contributed by atoms with E-state index in [1.165, 1.54) is 0 Å². The molecular weight excluding hydrogens is 294 g/mol. The van der Waals surface area contributed by atoms with Crippen molar-refractivity contribution in [2.75, 3.05) is 52.4 Å². The second-order valence-corrected chi connectivity index (χ2v) is 7.78. The fourth-order valence-electron chi connectivity index (χ4n) is 4.70. The lowest BCUT2D eigenvalue weighted by molar-refractivity contribution is -0.136. The van der Waals surface area contributed by atoms with Gasteiger partial charge >= 0.3 is 0 Å². The summed E-state index contributed by atoms with van der Waals surface area (Å²) in [5.74, 6) is 0.255. The number of carbonyl (C=O) groups is 1. The first-order valence-corrected chi connectivity index (χ1v) is 9.05. The van der Waals surface area contributed by atoms with E-state index in [9.17, 15) is 9.90 Å². The monoisotopic (exact) mass is 325 g/mol. The molecule has 23 heavy (non-hydrogen) atoms. The molecule has 3 aliphatic rings. The van der Waals surface area contributed by atoms with Crippen molar-refractivity contribution in [3.05, 3.63) is 0 Å². The average Bonchev–Trinajstić information content (AvgIpc) is 2.85. The zero-order valence-electron chi connectivity index (χ0n) is 14.3. The molecule has 3 rings (SSSR count). The number of rotatable bonds is 4. The normalized spacial score (nSPS) is 36.2. The van der Waals surface area contributed by atoms with Crippen molar-refractivity contribution >= 4 is 5.91 Å². The number of carbonyl (C=O) groups excluding carboxylic acids is 1. The van der Waals surface area contributed by atoms with Crippen LogP contribution in [0.4, 0.5) is 0 Å². The van der Waals surface area contributed by atoms with Crippen molar-refractivity contribution in [3.8, 4) is 0 Å². The molecule has 6 heteroatoms. The van der Waals surface area contributed by atoms with Crippen molar-refractivity contribution in [3.63, 3.8) is 0 Å². The molecule has 0 radical (unpaired) electrons. The van der Waals surface area contributed by atoms with Gasteiger partial charge in [0.05, 0.1) is 19.3 Å². The van der Waals surface area contributed by atoms with Gasteiger partial charge in [0.1, 0.15) is 0 Å². The van der Waals surface area contributed by atoms with Crippen molar-refractivity contribution in [1.29, 1.82) is 0 Å². The number of hydrogen-bond donors (Lipinski definition) is 2. The van der Waals surface area contributed by atoms with Crippen LogP contribution in [0.3, 0.4) is 0 Å². The minimum absolute atomic E-state index is 0.104. The molecule has 0 unspecified atom stereocenters. The van der Waals surface area contributed by atoms with E-state index >= 15 is 0 Å². The topological polar surface area (TPSA) is 67.3 Å². The zero-order chi connectivity index (χ0) is 16.4. The van der Waals surface area contributed by atoms with E-state index in [2.05, 4.69) is 21.6 Å². The Morgan fingerprint density at radius 3 is 2.52 bits per heavy atom. The van der Waals surface area contributed by atoms with Gasteiger partial charge in [0.2, 0.25) is 5.91 Å². The number of hydrogen-bond acceptors (Lipinski definition) is 5. The second-order valence-electron chi connectivity index (χ2n) is 7.78. The van der Waals surface area contributed by atoms with Gasteiger partial charge in [-0.15, -0.1) is 0 Å². The van der Waals surface area contributed by atoms with Gasteiger partial charge in [0, 0.05) is 45.3 Å². The largest absolute Gasteiger partial charge is 0.395 e. The smallest absolute Gasteiger partial charge is 0.237 e. The third-order valence-electron chi connectivity index (χ3n) is 6.14. The Hall–Kier alpha value is -0.690. The highest BCUT2D eigenvalue weighted by Gasteiger charge is 2.48. The molecule has 0 aromatic carbocycles. The van der Waals surface area contributed by atoms with Gasteiger partial charge in [-0.2, -0.15) is 0 Å². The van der Waals surface area contributed by atoms with Crippen LogP contribution in [-0.2, 0) is 4.79 Å². The van der Waals surface area contributed by atoms with Gasteiger partial charge in [-0.1, -0.05) is 6.92 Å². The maximum absolute atomic E-state index is 12.8. The Morgan fingerprint density at radius 2 is 1.83 bits per heavy atom. The maximum atomic E-state index is 12.8. The number of fused-ring (bicyclic) bond motifs is 1. The van der Waals surface area contributed by atoms with Gasteiger partial charge in [0.25, 0.3) is 0 Å². The van der Waals surface area contributed by atoms with E-state index < -0.39 is 0 Å². The molecular formula is C17H31N3O3. The van der Waals surface area contributed by atoms with E-state index in [1.807, 2.05) is 0 Å². The van der Waals surface area contributed by atoms with Gasteiger partial charge in [0.15, 0.2) is 0 Å². The summed E-state index contributed by atoms with van der Waals surface area (Å²) < 4.78 is 0. The standard InChI is InChI=1S/C17H31N3O3/c1-17-4-5-20(15(17)3-2-14(22)12-17)16(23)13-19-8-6-18(7-9-19)10-11-21/h14-15,21-22H,2-13H2,1H3/t14-,15-,17+/m1/s1. The lowest BCUT2D eigenvalue weighted by Crippen LogP contribution is -2.52. The second kappa shape index (κ2) is 7.05. The zero-order valence-corrected chi connectivity index (χ0v) is 14.3. The Bertz CT molecular complexity index is 425. The summed E-state index contributed by atoms with van der Waals surface area (Å²) >= 11 is 0. The summed E-state index contributed by atoms with van der Waals surface area (Å²) in [6.07, 6.45) is 3.43. The minimum Gasteiger partial charge on any atom is -0.395 e. The molecule has 2 N–H and O–H groups in total. The highest BCUT2D eigenvalue weighted by molar-refractivity contribution is 5.79. The average molecular weight is 325 g/mol. The molecule has 1 amide bonds. The van der Waals surface area contributed by atoms with Crippen LogP contribution in [0.15, 0.2) is 0 Å². The van der Waals surface area contributed by atoms with Crippen molar-refractivity contribution < 1.29 is 15.0 Å². The first-order valence-electron chi connectivity index (χ1n) is 9.05. The summed E-state index contributed by atoms with van der Waals surface area (Å²) in [6, 6.07) is 0.314. The number of amides is 1. The van der Waals surface area contributed by atoms with Gasteiger partial charge in [-0.3, -0.25) is 14.6 Å². The first-order chi connectivity index (χ1) is 11.0. The van der Waals surface area contributed by atoms with Gasteiger partial charge in [-0.05, 0) is 31.1 Å². The predicted octanol–water partition coefficient (Wildman–Crippen LogP) is -0.252. The van der Waals surface area contributed by atoms with E-state index in [0.29, 0.717) is 12.6 Å². The number of aliphatic hydroxyl groups excluding tert-OH is 2. The first kappa shape index (κ1) is 17.1. The molecule has 1 saturated carbocycles. The Balaban J connectivity index is 1.51. The van der Waals surface area contributed by atoms with Crippen LogP contribution in [-0.4, -0.2) is 95.4 Å². The number of piperazine rings is 1. The van der Waals surface area contributed by atoms with Crippen LogP contribution in [0.25, 0.3) is 0 Å². The third kappa shape index (κ3) is 3.71. The van der Waals surface area contributed by atoms with Crippen molar-refractivity contribution in [2.45, 2.75) is 44.8 Å². The van der Waals surface area contributed by atoms with E-state index in [0.717, 1.165) is 65.0 Å². The van der Waals surface area contributed by atoms with Crippen molar-refractivity contribution in [2.24, 2.45) is 5.41 Å². The molecule has 3 fully saturated rings. The highest BCUT2D eigenvalue weighted by Crippen LogP contribution is 2.46. The fourth-order valence-corrected chi connectivity index (χ4v) is 4.70. The molecule has 1 aliphatic carbocycles. The SMILES string of the molecule is C[C@@]12CCN(C(=O)CN3CCN(CCO)CC3)[C@@H]1CC[C@@H](O)C2. The molecule has 2 saturated heterocycles. The lowest BCUT2D eigenvalue weighted by atomic mass is 9.71. The minimum atomic E-state index is -0.189. The van der Waals surface area contributed by atoms with E-state index in [1.54, 1.807) is 0 Å². The number of nitrogens with zero attached hydrogens (tertiary/aromatic N) is 3. The Kier molecular flexibility index (Phi) is 5.26. The van der Waals surface area contributed by atoms with Crippen LogP contribution in [0.5, 0.6) is 0 Å². The van der Waals surface area contributed by atoms with Crippen molar-refractivity contribution in [1.82, 2.24) is 14.7 Å². The molecule has 132 valence electrons. The van der Waals surface area contributed by atoms with Gasteiger partial charge in [-0.25, -0.2) is 0 Å². The van der Waals surface area contributed by atoms with Crippen LogP contribution in [0.2, 0.25) is 0 Å². The molecule has 0 aromatic rings. The summed E-state index contributed by atoms with van der Waals surface area (Å²) in [7, 11) is 0. The molecule has 0 bridgehead atoms. The van der Waals surface area contributed by atoms with Crippen LogP contribution >= 0.6 is 0 Å². The van der Waals surface area contributed by atoms with Gasteiger partial charge < -0.3 is 15.1 Å².